The third kappa shape index (κ3) is 4.79. The molecule has 0 radical (unpaired) electrons. The lowest BCUT2D eigenvalue weighted by atomic mass is 9.56. The molecule has 1 N–H and O–H groups in total. The molecule has 4 aliphatic carbocycles. The molecular formula is C27H34N6O4S. The normalized spacial score (nSPS) is 34.2. The highest BCUT2D eigenvalue weighted by Gasteiger charge is 2.51. The highest BCUT2D eigenvalue weighted by molar-refractivity contribution is 8.01. The number of likely N-dealkylation sites (tertiary alicyclic amines) is 1. The minimum absolute atomic E-state index is 0.127. The van der Waals surface area contributed by atoms with Crippen LogP contribution in [-0.4, -0.2) is 79.0 Å². The zero-order chi connectivity index (χ0) is 25.7. The number of fused-ring (bicyclic) bond motifs is 4. The molecule has 38 heavy (non-hydrogen) atoms. The molecule has 202 valence electrons. The molecule has 0 aromatic carbocycles. The second kappa shape index (κ2) is 9.82. The van der Waals surface area contributed by atoms with Crippen LogP contribution < -0.4 is 10.1 Å². The minimum atomic E-state index is -0.358. The molecule has 8 rings (SSSR count). The molecule has 6 bridgehead atoms. The maximum absolute atomic E-state index is 13.5. The van der Waals surface area contributed by atoms with E-state index in [1.54, 1.807) is 23.0 Å². The Morgan fingerprint density at radius 2 is 1.95 bits per heavy atom. The zero-order valence-electron chi connectivity index (χ0n) is 21.5. The molecule has 10 nitrogen and oxygen atoms in total. The van der Waals surface area contributed by atoms with Crippen LogP contribution in [0.4, 0.5) is 0 Å². The molecule has 2 aliphatic heterocycles. The highest BCUT2D eigenvalue weighted by atomic mass is 32.2. The molecule has 4 heterocycles. The van der Waals surface area contributed by atoms with Crippen molar-refractivity contribution in [1.29, 1.82) is 0 Å². The molecule has 0 unspecified atom stereocenters. The Morgan fingerprint density at radius 3 is 2.74 bits per heavy atom. The van der Waals surface area contributed by atoms with E-state index in [0.29, 0.717) is 48.2 Å². The van der Waals surface area contributed by atoms with Crippen LogP contribution in [0.5, 0.6) is 5.75 Å². The number of thioether (sulfide) groups is 1. The van der Waals surface area contributed by atoms with Crippen molar-refractivity contribution in [3.63, 3.8) is 0 Å². The summed E-state index contributed by atoms with van der Waals surface area (Å²) in [4.78, 5) is 32.8. The average Bonchev–Trinajstić information content (AvgIpc) is 3.52. The van der Waals surface area contributed by atoms with Crippen molar-refractivity contribution >= 4 is 23.6 Å². The van der Waals surface area contributed by atoms with Gasteiger partial charge in [-0.15, -0.1) is 16.9 Å². The number of carbonyl (C=O) groups excluding carboxylic acids is 2. The third-order valence-electron chi connectivity index (χ3n) is 9.01. The summed E-state index contributed by atoms with van der Waals surface area (Å²) in [5.74, 6) is 3.30. The summed E-state index contributed by atoms with van der Waals surface area (Å²) in [5, 5.41) is 11.4. The number of carbonyl (C=O) groups is 2. The van der Waals surface area contributed by atoms with Crippen LogP contribution in [0.25, 0.3) is 0 Å². The van der Waals surface area contributed by atoms with Crippen molar-refractivity contribution in [3.05, 3.63) is 35.9 Å². The van der Waals surface area contributed by atoms with Gasteiger partial charge in [0, 0.05) is 24.0 Å². The molecule has 5 fully saturated rings. The van der Waals surface area contributed by atoms with Crippen molar-refractivity contribution in [2.75, 3.05) is 25.4 Å². The first-order valence-electron chi connectivity index (χ1n) is 13.8. The molecule has 0 spiro atoms. The summed E-state index contributed by atoms with van der Waals surface area (Å²) in [6.07, 6.45) is 11.1. The summed E-state index contributed by atoms with van der Waals surface area (Å²) in [7, 11) is 0. The molecule has 4 saturated carbocycles. The number of hydrogen-bond donors (Lipinski definition) is 1. The Morgan fingerprint density at radius 1 is 1.16 bits per heavy atom. The second-order valence-corrected chi connectivity index (χ2v) is 13.2. The Labute approximate surface area is 226 Å². The monoisotopic (exact) mass is 538 g/mol. The fourth-order valence-corrected chi connectivity index (χ4v) is 9.34. The largest absolute Gasteiger partial charge is 0.489 e. The van der Waals surface area contributed by atoms with E-state index in [4.69, 9.17) is 9.47 Å². The number of nitrogens with zero attached hydrogens (tertiary/aromatic N) is 5. The standard InChI is InChI=1S/C27H34N6O4S/c34-24(16-38-27-9-17-6-18(10-27)8-19(7-17)11-27)32-13-21-23(14-32)37-15-20-12-33(31-30-20)4-5-36-22-2-1-3-28-25(22)26(35)29-21/h1-3,12,17-19,21,23H,4-11,13-16H2,(H,29,35)/t17?,18?,19?,21-,23-,27?/m0/s1. The van der Waals surface area contributed by atoms with E-state index >= 15 is 0 Å². The fourth-order valence-electron chi connectivity index (χ4n) is 7.67. The predicted molar refractivity (Wildman–Crippen MR) is 140 cm³/mol. The van der Waals surface area contributed by atoms with Crippen LogP contribution in [0.3, 0.4) is 0 Å². The van der Waals surface area contributed by atoms with Gasteiger partial charge in [0.15, 0.2) is 11.4 Å². The first-order valence-corrected chi connectivity index (χ1v) is 14.8. The number of nitrogens with one attached hydrogen (secondary N) is 1. The van der Waals surface area contributed by atoms with Crippen molar-refractivity contribution in [2.45, 2.75) is 68.6 Å². The predicted octanol–water partition coefficient (Wildman–Crippen LogP) is 2.29. The molecule has 6 aliphatic rings. The van der Waals surface area contributed by atoms with Crippen LogP contribution in [0.15, 0.2) is 24.5 Å². The Bertz CT molecular complexity index is 1180. The number of hydrogen-bond acceptors (Lipinski definition) is 8. The summed E-state index contributed by atoms with van der Waals surface area (Å²) < 4.78 is 14.1. The topological polar surface area (TPSA) is 111 Å². The van der Waals surface area contributed by atoms with Gasteiger partial charge in [-0.2, -0.15) is 0 Å². The van der Waals surface area contributed by atoms with Crippen LogP contribution in [0.2, 0.25) is 0 Å². The molecule has 2 amide bonds. The SMILES string of the molecule is O=C1N[C@H]2CN(C(=O)CSC34CC5CC(CC(C5)C3)C4)C[C@@H]2OCc2cn(nn2)CCOc2cccnc21. The lowest BCUT2D eigenvalue weighted by molar-refractivity contribution is -0.127. The molecule has 2 atom stereocenters. The van der Waals surface area contributed by atoms with Gasteiger partial charge in [-0.3, -0.25) is 9.59 Å². The van der Waals surface area contributed by atoms with Gasteiger partial charge in [0.25, 0.3) is 5.91 Å². The smallest absolute Gasteiger partial charge is 0.274 e. The highest BCUT2D eigenvalue weighted by Crippen LogP contribution is 2.60. The molecule has 2 aromatic rings. The second-order valence-electron chi connectivity index (χ2n) is 11.8. The Hall–Kier alpha value is -2.66. The van der Waals surface area contributed by atoms with Gasteiger partial charge in [-0.05, 0) is 68.4 Å². The van der Waals surface area contributed by atoms with Crippen LogP contribution in [0.1, 0.15) is 54.7 Å². The molecule has 1 saturated heterocycles. The van der Waals surface area contributed by atoms with Crippen molar-refractivity contribution in [2.24, 2.45) is 17.8 Å². The average molecular weight is 539 g/mol. The van der Waals surface area contributed by atoms with Crippen LogP contribution >= 0.6 is 11.8 Å². The van der Waals surface area contributed by atoms with E-state index in [-0.39, 0.29) is 36.3 Å². The van der Waals surface area contributed by atoms with Gasteiger partial charge < -0.3 is 19.7 Å². The lowest BCUT2D eigenvalue weighted by Crippen LogP contribution is -2.49. The first kappa shape index (κ1) is 24.4. The number of ether oxygens (including phenoxy) is 2. The number of pyridine rings is 1. The van der Waals surface area contributed by atoms with E-state index in [9.17, 15) is 9.59 Å². The Balaban J connectivity index is 1.06. The van der Waals surface area contributed by atoms with Crippen molar-refractivity contribution < 1.29 is 19.1 Å². The van der Waals surface area contributed by atoms with E-state index in [1.165, 1.54) is 38.5 Å². The van der Waals surface area contributed by atoms with Crippen LogP contribution in [0, 0.1) is 17.8 Å². The zero-order valence-corrected chi connectivity index (χ0v) is 22.3. The first-order chi connectivity index (χ1) is 18.5. The van der Waals surface area contributed by atoms with Crippen molar-refractivity contribution in [3.8, 4) is 5.75 Å². The van der Waals surface area contributed by atoms with E-state index in [1.807, 2.05) is 22.9 Å². The van der Waals surface area contributed by atoms with E-state index in [2.05, 4.69) is 20.6 Å². The summed E-state index contributed by atoms with van der Waals surface area (Å²) in [6, 6.07) is 3.12. The number of rotatable bonds is 3. The minimum Gasteiger partial charge on any atom is -0.489 e. The van der Waals surface area contributed by atoms with Gasteiger partial charge in [0.1, 0.15) is 12.3 Å². The van der Waals surface area contributed by atoms with Gasteiger partial charge >= 0.3 is 0 Å². The van der Waals surface area contributed by atoms with Crippen molar-refractivity contribution in [1.82, 2.24) is 30.2 Å². The quantitative estimate of drug-likeness (QED) is 0.634. The van der Waals surface area contributed by atoms with Gasteiger partial charge in [-0.25, -0.2) is 9.67 Å². The van der Waals surface area contributed by atoms with E-state index in [0.717, 1.165) is 17.8 Å². The number of aromatic nitrogens is 4. The summed E-state index contributed by atoms with van der Waals surface area (Å²) in [6.45, 7) is 1.91. The fraction of sp³-hybridized carbons (Fsp3) is 0.667. The molecular weight excluding hydrogens is 504 g/mol. The van der Waals surface area contributed by atoms with Gasteiger partial charge in [0.05, 0.1) is 37.2 Å². The maximum Gasteiger partial charge on any atom is 0.274 e. The Kier molecular flexibility index (Phi) is 6.30. The van der Waals surface area contributed by atoms with Gasteiger partial charge in [0.2, 0.25) is 5.91 Å². The molecule has 2 aromatic heterocycles. The van der Waals surface area contributed by atoms with Crippen LogP contribution in [-0.2, 0) is 22.7 Å². The number of amides is 2. The maximum atomic E-state index is 13.5. The van der Waals surface area contributed by atoms with Gasteiger partial charge in [-0.1, -0.05) is 5.21 Å². The molecule has 11 heteroatoms. The lowest BCUT2D eigenvalue weighted by Gasteiger charge is -2.56. The van der Waals surface area contributed by atoms with E-state index < -0.39 is 0 Å². The summed E-state index contributed by atoms with van der Waals surface area (Å²) >= 11 is 1.90. The summed E-state index contributed by atoms with van der Waals surface area (Å²) in [5.41, 5.74) is 0.932. The third-order valence-corrected chi connectivity index (χ3v) is 10.5.